The molecule has 0 radical (unpaired) electrons. The molecule has 0 fully saturated rings. The fraction of sp³-hybridized carbons (Fsp3) is 0.300. The number of amidine groups is 1. The molecule has 4 N–H and O–H groups in total. The molecule has 0 amide bonds. The molecule has 1 aromatic carbocycles. The zero-order chi connectivity index (χ0) is 9.14. The Hall–Kier alpha value is -1.31. The molecular weight excluding hydrogens is 148 g/mol. The monoisotopic (exact) mass is 163 g/mol. The molecule has 0 unspecified atom stereocenters. The van der Waals surface area contributed by atoms with Crippen LogP contribution in [-0.2, 0) is 6.42 Å². The predicted octanol–water partition coefficient (Wildman–Crippen LogP) is -0.0378. The van der Waals surface area contributed by atoms with E-state index in [1.165, 1.54) is 16.7 Å². The van der Waals surface area contributed by atoms with Crippen molar-refractivity contribution in [2.45, 2.75) is 20.3 Å². The van der Waals surface area contributed by atoms with E-state index >= 15 is 0 Å². The second kappa shape index (κ2) is 3.39. The standard InChI is InChI=1S/C10H14N2/c1-7-3-4-8(2)9(5-7)6-10(11)12/h3-5H,6H2,1-2H3,(H3,11,12)/p+1. The Labute approximate surface area is 72.9 Å². The van der Waals surface area contributed by atoms with Crippen molar-refractivity contribution >= 4 is 5.84 Å². The van der Waals surface area contributed by atoms with Crippen LogP contribution in [-0.4, -0.2) is 5.84 Å². The van der Waals surface area contributed by atoms with Crippen LogP contribution in [0.4, 0.5) is 0 Å². The fourth-order valence-electron chi connectivity index (χ4n) is 1.21. The Morgan fingerprint density at radius 2 is 2.08 bits per heavy atom. The Morgan fingerprint density at radius 3 is 2.67 bits per heavy atom. The van der Waals surface area contributed by atoms with Crippen molar-refractivity contribution in [2.75, 3.05) is 0 Å². The van der Waals surface area contributed by atoms with E-state index in [9.17, 15) is 0 Å². The van der Waals surface area contributed by atoms with Crippen molar-refractivity contribution in [2.24, 2.45) is 5.73 Å². The third kappa shape index (κ3) is 2.09. The highest BCUT2D eigenvalue weighted by Gasteiger charge is 2.02. The van der Waals surface area contributed by atoms with Crippen LogP contribution in [0.2, 0.25) is 0 Å². The average Bonchev–Trinajstić information content (AvgIpc) is 1.96. The minimum Gasteiger partial charge on any atom is -0.291 e. The summed E-state index contributed by atoms with van der Waals surface area (Å²) in [4.78, 5) is 0. The lowest BCUT2D eigenvalue weighted by atomic mass is 10.0. The normalized spacial score (nSPS) is 9.83. The maximum Gasteiger partial charge on any atom is 0.242 e. The summed E-state index contributed by atoms with van der Waals surface area (Å²) in [6.07, 6.45) is 0.674. The molecule has 2 heteroatoms. The van der Waals surface area contributed by atoms with Gasteiger partial charge in [-0.25, -0.2) is 0 Å². The van der Waals surface area contributed by atoms with E-state index in [1.54, 1.807) is 0 Å². The van der Waals surface area contributed by atoms with E-state index in [0.29, 0.717) is 12.3 Å². The first kappa shape index (κ1) is 8.78. The molecule has 0 saturated carbocycles. The minimum atomic E-state index is 0.476. The van der Waals surface area contributed by atoms with Crippen molar-refractivity contribution in [3.8, 4) is 0 Å². The molecule has 0 aliphatic rings. The predicted molar refractivity (Wildman–Crippen MR) is 50.7 cm³/mol. The van der Waals surface area contributed by atoms with Gasteiger partial charge in [0.15, 0.2) is 0 Å². The molecule has 0 atom stereocenters. The number of benzene rings is 1. The summed E-state index contributed by atoms with van der Waals surface area (Å²) in [5, 5.41) is 5.44. The van der Waals surface area contributed by atoms with Crippen LogP contribution in [0.5, 0.6) is 0 Å². The fourth-order valence-corrected chi connectivity index (χ4v) is 1.21. The van der Waals surface area contributed by atoms with E-state index < -0.39 is 0 Å². The van der Waals surface area contributed by atoms with Crippen LogP contribution in [0.15, 0.2) is 18.2 Å². The maximum absolute atomic E-state index is 5.44. The van der Waals surface area contributed by atoms with Gasteiger partial charge in [-0.05, 0) is 25.0 Å². The second-order valence-electron chi connectivity index (χ2n) is 3.18. The summed E-state index contributed by atoms with van der Waals surface area (Å²) in [6, 6.07) is 6.30. The van der Waals surface area contributed by atoms with Gasteiger partial charge in [0.2, 0.25) is 5.84 Å². The second-order valence-corrected chi connectivity index (χ2v) is 3.18. The van der Waals surface area contributed by atoms with Crippen LogP contribution < -0.4 is 11.1 Å². The quantitative estimate of drug-likeness (QED) is 0.466. The highest BCUT2D eigenvalue weighted by molar-refractivity contribution is 5.77. The van der Waals surface area contributed by atoms with E-state index in [1.807, 2.05) is 0 Å². The lowest BCUT2D eigenvalue weighted by Gasteiger charge is -2.03. The van der Waals surface area contributed by atoms with Crippen LogP contribution in [0.1, 0.15) is 16.7 Å². The molecule has 0 aromatic heterocycles. The van der Waals surface area contributed by atoms with Crippen LogP contribution in [0.3, 0.4) is 0 Å². The first-order valence-corrected chi connectivity index (χ1v) is 4.02. The topological polar surface area (TPSA) is 51.6 Å². The number of aryl methyl sites for hydroxylation is 2. The summed E-state index contributed by atoms with van der Waals surface area (Å²) in [5.74, 6) is 0.476. The third-order valence-corrected chi connectivity index (χ3v) is 1.90. The number of rotatable bonds is 2. The molecular formula is C10H15N2+. The molecule has 0 aliphatic heterocycles. The minimum absolute atomic E-state index is 0.476. The van der Waals surface area contributed by atoms with Crippen LogP contribution in [0, 0.1) is 13.8 Å². The maximum atomic E-state index is 5.44. The summed E-state index contributed by atoms with van der Waals surface area (Å²) in [6.45, 7) is 4.13. The smallest absolute Gasteiger partial charge is 0.242 e. The summed E-state index contributed by atoms with van der Waals surface area (Å²) >= 11 is 0. The molecule has 0 spiro atoms. The van der Waals surface area contributed by atoms with Crippen LogP contribution in [0.25, 0.3) is 0 Å². The Balaban J connectivity index is 2.97. The summed E-state index contributed by atoms with van der Waals surface area (Å²) < 4.78 is 0. The van der Waals surface area contributed by atoms with Gasteiger partial charge in [-0.1, -0.05) is 23.8 Å². The molecule has 12 heavy (non-hydrogen) atoms. The molecule has 0 saturated heterocycles. The Morgan fingerprint density at radius 1 is 1.42 bits per heavy atom. The zero-order valence-corrected chi connectivity index (χ0v) is 7.59. The molecule has 1 rings (SSSR count). The largest absolute Gasteiger partial charge is 0.291 e. The van der Waals surface area contributed by atoms with Gasteiger partial charge < -0.3 is 0 Å². The average molecular weight is 163 g/mol. The van der Waals surface area contributed by atoms with E-state index in [0.717, 1.165) is 0 Å². The van der Waals surface area contributed by atoms with Crippen LogP contribution >= 0.6 is 0 Å². The van der Waals surface area contributed by atoms with Gasteiger partial charge in [-0.15, -0.1) is 0 Å². The van der Waals surface area contributed by atoms with Gasteiger partial charge in [0.05, 0.1) is 6.42 Å². The molecule has 2 nitrogen and oxygen atoms in total. The zero-order valence-electron chi connectivity index (χ0n) is 7.59. The molecule has 0 bridgehead atoms. The lowest BCUT2D eigenvalue weighted by molar-refractivity contribution is -0.117. The third-order valence-electron chi connectivity index (χ3n) is 1.90. The van der Waals surface area contributed by atoms with E-state index in [4.69, 9.17) is 11.1 Å². The first-order chi connectivity index (χ1) is 5.59. The van der Waals surface area contributed by atoms with Gasteiger partial charge in [0, 0.05) is 0 Å². The molecule has 1 aromatic rings. The van der Waals surface area contributed by atoms with Crippen molar-refractivity contribution in [1.29, 1.82) is 0 Å². The Kier molecular flexibility index (Phi) is 2.48. The SMILES string of the molecule is Cc1ccc(C)c(CC(N)=[NH2+])c1. The molecule has 0 heterocycles. The molecule has 64 valence electrons. The van der Waals surface area contributed by atoms with Gasteiger partial charge in [0.25, 0.3) is 0 Å². The van der Waals surface area contributed by atoms with Gasteiger partial charge in [0.1, 0.15) is 0 Å². The van der Waals surface area contributed by atoms with Crippen molar-refractivity contribution < 1.29 is 5.41 Å². The van der Waals surface area contributed by atoms with E-state index in [-0.39, 0.29) is 0 Å². The first-order valence-electron chi connectivity index (χ1n) is 4.02. The van der Waals surface area contributed by atoms with Gasteiger partial charge in [-0.3, -0.25) is 11.1 Å². The van der Waals surface area contributed by atoms with Crippen molar-refractivity contribution in [1.82, 2.24) is 0 Å². The highest BCUT2D eigenvalue weighted by atomic mass is 14.7. The van der Waals surface area contributed by atoms with Crippen molar-refractivity contribution in [3.05, 3.63) is 34.9 Å². The number of hydrogen-bond acceptors (Lipinski definition) is 0. The number of nitrogens with two attached hydrogens (primary N) is 2. The van der Waals surface area contributed by atoms with Gasteiger partial charge >= 0.3 is 0 Å². The van der Waals surface area contributed by atoms with Crippen molar-refractivity contribution in [3.63, 3.8) is 0 Å². The number of hydrogen-bond donors (Lipinski definition) is 2. The summed E-state index contributed by atoms with van der Waals surface area (Å²) in [5.41, 5.74) is 9.15. The highest BCUT2D eigenvalue weighted by Crippen LogP contribution is 2.10. The van der Waals surface area contributed by atoms with Gasteiger partial charge in [-0.2, -0.15) is 0 Å². The molecule has 0 aliphatic carbocycles. The van der Waals surface area contributed by atoms with E-state index in [2.05, 4.69) is 32.0 Å². The summed E-state index contributed by atoms with van der Waals surface area (Å²) in [7, 11) is 0. The Bertz CT molecular complexity index is 303. The lowest BCUT2D eigenvalue weighted by Crippen LogP contribution is -2.46.